The van der Waals surface area contributed by atoms with Crippen LogP contribution in [0.5, 0.6) is 0 Å². The fourth-order valence-corrected chi connectivity index (χ4v) is 1.42. The van der Waals surface area contributed by atoms with Crippen LogP contribution in [0.1, 0.15) is 10.4 Å². The predicted octanol–water partition coefficient (Wildman–Crippen LogP) is 2.37. The Labute approximate surface area is 99.4 Å². The zero-order valence-corrected chi connectivity index (χ0v) is 9.80. The van der Waals surface area contributed by atoms with Crippen molar-refractivity contribution in [2.75, 3.05) is 10.6 Å². The molecule has 0 aromatic heterocycles. The van der Waals surface area contributed by atoms with E-state index >= 15 is 0 Å². The number of carbonyl (C=O) groups excluding carboxylic acids is 1. The molecule has 0 aliphatic heterocycles. The standard InChI is InChI=1S/C9H7BrClNO3/c10-4-7(13)12-6-3-1-2-5(11)8(6)9(14)15/h1-3H,4H2,(H,12,13)(H,14,15). The van der Waals surface area contributed by atoms with Gasteiger partial charge in [0, 0.05) is 0 Å². The molecule has 1 aromatic carbocycles. The average Bonchev–Trinajstić information content (AvgIpc) is 2.17. The molecule has 1 amide bonds. The Morgan fingerprint density at radius 3 is 2.67 bits per heavy atom. The molecule has 80 valence electrons. The van der Waals surface area contributed by atoms with Crippen molar-refractivity contribution in [2.24, 2.45) is 0 Å². The molecule has 0 radical (unpaired) electrons. The van der Waals surface area contributed by atoms with E-state index in [1.54, 1.807) is 6.07 Å². The highest BCUT2D eigenvalue weighted by Crippen LogP contribution is 2.24. The lowest BCUT2D eigenvalue weighted by Crippen LogP contribution is -2.15. The van der Waals surface area contributed by atoms with Crippen molar-refractivity contribution < 1.29 is 14.7 Å². The minimum Gasteiger partial charge on any atom is -0.478 e. The molecule has 6 heteroatoms. The molecule has 2 N–H and O–H groups in total. The van der Waals surface area contributed by atoms with Crippen LogP contribution in [0.2, 0.25) is 5.02 Å². The number of hydrogen-bond acceptors (Lipinski definition) is 2. The number of nitrogens with one attached hydrogen (secondary N) is 1. The normalized spacial score (nSPS) is 9.73. The maximum Gasteiger partial charge on any atom is 0.339 e. The van der Waals surface area contributed by atoms with Crippen LogP contribution in [0, 0.1) is 0 Å². The van der Waals surface area contributed by atoms with Gasteiger partial charge < -0.3 is 10.4 Å². The van der Waals surface area contributed by atoms with Crippen molar-refractivity contribution in [1.29, 1.82) is 0 Å². The summed E-state index contributed by atoms with van der Waals surface area (Å²) in [6.45, 7) is 0. The van der Waals surface area contributed by atoms with E-state index in [2.05, 4.69) is 21.2 Å². The number of anilines is 1. The molecule has 0 unspecified atom stereocenters. The average molecular weight is 293 g/mol. The highest BCUT2D eigenvalue weighted by molar-refractivity contribution is 9.09. The lowest BCUT2D eigenvalue weighted by Gasteiger charge is -2.08. The van der Waals surface area contributed by atoms with Gasteiger partial charge in [-0.05, 0) is 12.1 Å². The molecule has 0 saturated heterocycles. The summed E-state index contributed by atoms with van der Waals surface area (Å²) in [6, 6.07) is 4.50. The van der Waals surface area contributed by atoms with Crippen LogP contribution in [0.3, 0.4) is 0 Å². The largest absolute Gasteiger partial charge is 0.478 e. The van der Waals surface area contributed by atoms with E-state index in [4.69, 9.17) is 16.7 Å². The molecule has 0 bridgehead atoms. The minimum atomic E-state index is -1.18. The van der Waals surface area contributed by atoms with Gasteiger partial charge in [-0.3, -0.25) is 4.79 Å². The quantitative estimate of drug-likeness (QED) is 0.841. The summed E-state index contributed by atoms with van der Waals surface area (Å²) in [5.41, 5.74) is 0.0907. The summed E-state index contributed by atoms with van der Waals surface area (Å²) in [7, 11) is 0. The van der Waals surface area contributed by atoms with Gasteiger partial charge in [0.05, 0.1) is 16.0 Å². The molecule has 0 atom stereocenters. The number of carbonyl (C=O) groups is 2. The fourth-order valence-electron chi connectivity index (χ4n) is 1.03. The molecular weight excluding hydrogens is 285 g/mol. The van der Waals surface area contributed by atoms with E-state index < -0.39 is 5.97 Å². The van der Waals surface area contributed by atoms with E-state index in [1.165, 1.54) is 12.1 Å². The SMILES string of the molecule is O=C(CBr)Nc1cccc(Cl)c1C(=O)O. The molecular formula is C9H7BrClNO3. The number of carboxylic acids is 1. The Kier molecular flexibility index (Phi) is 4.11. The zero-order chi connectivity index (χ0) is 11.4. The van der Waals surface area contributed by atoms with E-state index in [0.717, 1.165) is 0 Å². The van der Waals surface area contributed by atoms with Crippen LogP contribution in [0.15, 0.2) is 18.2 Å². The number of carboxylic acid groups (broad SMARTS) is 1. The van der Waals surface area contributed by atoms with Gasteiger partial charge in [-0.1, -0.05) is 33.6 Å². The number of halogens is 2. The van der Waals surface area contributed by atoms with Gasteiger partial charge >= 0.3 is 5.97 Å². The summed E-state index contributed by atoms with van der Waals surface area (Å²) in [6.07, 6.45) is 0. The maximum absolute atomic E-state index is 11.1. The molecule has 1 aromatic rings. The fraction of sp³-hybridized carbons (Fsp3) is 0.111. The predicted molar refractivity (Wildman–Crippen MR) is 60.8 cm³/mol. The van der Waals surface area contributed by atoms with Gasteiger partial charge in [-0.15, -0.1) is 0 Å². The summed E-state index contributed by atoms with van der Waals surface area (Å²) in [5.74, 6) is -1.51. The summed E-state index contributed by atoms with van der Waals surface area (Å²) < 4.78 is 0. The van der Waals surface area contributed by atoms with E-state index in [-0.39, 0.29) is 27.5 Å². The van der Waals surface area contributed by atoms with Gasteiger partial charge in [-0.25, -0.2) is 4.79 Å². The van der Waals surface area contributed by atoms with Crippen LogP contribution in [-0.2, 0) is 4.79 Å². The maximum atomic E-state index is 11.1. The highest BCUT2D eigenvalue weighted by Gasteiger charge is 2.15. The number of amides is 1. The van der Waals surface area contributed by atoms with Gasteiger partial charge in [0.25, 0.3) is 0 Å². The number of aromatic carboxylic acids is 1. The number of benzene rings is 1. The number of alkyl halides is 1. The third kappa shape index (κ3) is 2.94. The van der Waals surface area contributed by atoms with Crippen molar-refractivity contribution in [3.63, 3.8) is 0 Å². The minimum absolute atomic E-state index is 0.0925. The van der Waals surface area contributed by atoms with Gasteiger partial charge in [-0.2, -0.15) is 0 Å². The molecule has 0 aliphatic carbocycles. The molecule has 0 aliphatic rings. The molecule has 0 saturated carbocycles. The van der Waals surface area contributed by atoms with Crippen LogP contribution >= 0.6 is 27.5 Å². The first-order valence-corrected chi connectivity index (χ1v) is 5.44. The Morgan fingerprint density at radius 1 is 1.47 bits per heavy atom. The number of rotatable bonds is 3. The first-order chi connectivity index (χ1) is 7.06. The first-order valence-electron chi connectivity index (χ1n) is 3.94. The smallest absolute Gasteiger partial charge is 0.339 e. The molecule has 4 nitrogen and oxygen atoms in total. The van der Waals surface area contributed by atoms with Crippen molar-refractivity contribution in [1.82, 2.24) is 0 Å². The Bertz CT molecular complexity index is 408. The number of hydrogen-bond donors (Lipinski definition) is 2. The third-order valence-electron chi connectivity index (χ3n) is 1.62. The highest BCUT2D eigenvalue weighted by atomic mass is 79.9. The Hall–Kier alpha value is -1.07. The monoisotopic (exact) mass is 291 g/mol. The lowest BCUT2D eigenvalue weighted by atomic mass is 10.2. The van der Waals surface area contributed by atoms with Crippen molar-refractivity contribution >= 4 is 45.1 Å². The second-order valence-corrected chi connectivity index (χ2v) is 3.62. The van der Waals surface area contributed by atoms with Crippen LogP contribution in [-0.4, -0.2) is 22.3 Å². The summed E-state index contributed by atoms with van der Waals surface area (Å²) >= 11 is 8.67. The van der Waals surface area contributed by atoms with E-state index in [0.29, 0.717) is 0 Å². The lowest BCUT2D eigenvalue weighted by molar-refractivity contribution is -0.113. The topological polar surface area (TPSA) is 66.4 Å². The molecule has 15 heavy (non-hydrogen) atoms. The van der Waals surface area contributed by atoms with Crippen molar-refractivity contribution in [2.45, 2.75) is 0 Å². The van der Waals surface area contributed by atoms with Crippen LogP contribution in [0.4, 0.5) is 5.69 Å². The molecule has 0 spiro atoms. The summed E-state index contributed by atoms with van der Waals surface area (Å²) in [5, 5.41) is 11.5. The zero-order valence-electron chi connectivity index (χ0n) is 7.46. The third-order valence-corrected chi connectivity index (χ3v) is 2.45. The molecule has 0 fully saturated rings. The second kappa shape index (κ2) is 5.14. The van der Waals surface area contributed by atoms with Gasteiger partial charge in [0.1, 0.15) is 5.56 Å². The van der Waals surface area contributed by atoms with Gasteiger partial charge in [0.2, 0.25) is 5.91 Å². The first kappa shape index (κ1) is 12.0. The van der Waals surface area contributed by atoms with Crippen LogP contribution in [0.25, 0.3) is 0 Å². The van der Waals surface area contributed by atoms with Crippen molar-refractivity contribution in [3.05, 3.63) is 28.8 Å². The van der Waals surface area contributed by atoms with Crippen molar-refractivity contribution in [3.8, 4) is 0 Å². The van der Waals surface area contributed by atoms with Crippen LogP contribution < -0.4 is 5.32 Å². The molecule has 1 rings (SSSR count). The molecule has 0 heterocycles. The van der Waals surface area contributed by atoms with E-state index in [1.807, 2.05) is 0 Å². The Balaban J connectivity index is 3.11. The van der Waals surface area contributed by atoms with E-state index in [9.17, 15) is 9.59 Å². The second-order valence-electron chi connectivity index (χ2n) is 2.65. The Morgan fingerprint density at radius 2 is 2.13 bits per heavy atom. The summed E-state index contributed by atoms with van der Waals surface area (Å²) in [4.78, 5) is 21.9. The van der Waals surface area contributed by atoms with Gasteiger partial charge in [0.15, 0.2) is 0 Å².